The highest BCUT2D eigenvalue weighted by atomic mass is 19.4. The van der Waals surface area contributed by atoms with Crippen LogP contribution >= 0.6 is 0 Å². The Kier molecular flexibility index (Phi) is 5.21. The second-order valence-corrected chi connectivity index (χ2v) is 6.57. The first-order valence-corrected chi connectivity index (χ1v) is 8.56. The third kappa shape index (κ3) is 4.13. The third-order valence-electron chi connectivity index (χ3n) is 4.80. The van der Waals surface area contributed by atoms with Gasteiger partial charge in [-0.15, -0.1) is 0 Å². The molecule has 0 unspecified atom stereocenters. The summed E-state index contributed by atoms with van der Waals surface area (Å²) >= 11 is 0. The van der Waals surface area contributed by atoms with Gasteiger partial charge in [0, 0.05) is 19.2 Å². The first-order chi connectivity index (χ1) is 12.8. The van der Waals surface area contributed by atoms with E-state index in [1.165, 1.54) is 17.0 Å². The number of anilines is 1. The van der Waals surface area contributed by atoms with Crippen LogP contribution in [-0.4, -0.2) is 23.8 Å². The van der Waals surface area contributed by atoms with E-state index in [1.807, 2.05) is 30.3 Å². The first kappa shape index (κ1) is 18.9. The lowest BCUT2D eigenvalue weighted by Crippen LogP contribution is -2.44. The summed E-state index contributed by atoms with van der Waals surface area (Å²) in [5, 5.41) is 2.58. The number of halogens is 3. The Labute approximate surface area is 155 Å². The number of amides is 2. The third-order valence-corrected chi connectivity index (χ3v) is 4.80. The minimum atomic E-state index is -4.48. The van der Waals surface area contributed by atoms with Crippen LogP contribution in [0.3, 0.4) is 0 Å². The molecule has 0 radical (unpaired) electrons. The normalized spacial score (nSPS) is 20.4. The zero-order valence-electron chi connectivity index (χ0n) is 14.7. The van der Waals surface area contributed by atoms with E-state index in [2.05, 4.69) is 5.32 Å². The maximum atomic E-state index is 12.9. The molecule has 0 aromatic heterocycles. The number of nitrogens with zero attached hydrogens (tertiary/aromatic N) is 1. The van der Waals surface area contributed by atoms with E-state index in [-0.39, 0.29) is 18.0 Å². The zero-order valence-corrected chi connectivity index (χ0v) is 14.7. The fraction of sp³-hybridized carbons (Fsp3) is 0.300. The molecule has 2 aromatic carbocycles. The van der Waals surface area contributed by atoms with Crippen molar-refractivity contribution in [3.63, 3.8) is 0 Å². The standard InChI is InChI=1S/C20H19F3N2O2/c1-25-17(26)11-10-16(18(25)13-6-3-2-4-7-13)19(27)24-15-9-5-8-14(12-15)20(21,22)23/h2-9,12,16,18H,10-11H2,1H3,(H,24,27)/t16-,18-/m1/s1. The molecule has 1 heterocycles. The number of carbonyl (C=O) groups excluding carboxylic acids is 2. The van der Waals surface area contributed by atoms with E-state index >= 15 is 0 Å². The van der Waals surface area contributed by atoms with E-state index in [0.29, 0.717) is 6.42 Å². The van der Waals surface area contributed by atoms with Crippen LogP contribution in [0.5, 0.6) is 0 Å². The maximum absolute atomic E-state index is 12.9. The van der Waals surface area contributed by atoms with Crippen LogP contribution < -0.4 is 5.32 Å². The second kappa shape index (κ2) is 7.42. The monoisotopic (exact) mass is 376 g/mol. The highest BCUT2D eigenvalue weighted by molar-refractivity contribution is 5.94. The molecule has 2 atom stereocenters. The molecule has 0 saturated carbocycles. The van der Waals surface area contributed by atoms with E-state index in [4.69, 9.17) is 0 Å². The molecule has 7 heteroatoms. The van der Waals surface area contributed by atoms with Crippen molar-refractivity contribution in [2.24, 2.45) is 5.92 Å². The van der Waals surface area contributed by atoms with Crippen molar-refractivity contribution in [2.45, 2.75) is 25.1 Å². The van der Waals surface area contributed by atoms with Gasteiger partial charge in [-0.3, -0.25) is 9.59 Å². The van der Waals surface area contributed by atoms with Crippen LogP contribution in [0.1, 0.15) is 30.0 Å². The molecule has 27 heavy (non-hydrogen) atoms. The number of benzene rings is 2. The molecule has 2 amide bonds. The first-order valence-electron chi connectivity index (χ1n) is 8.56. The van der Waals surface area contributed by atoms with Gasteiger partial charge in [0.1, 0.15) is 0 Å². The van der Waals surface area contributed by atoms with E-state index in [9.17, 15) is 22.8 Å². The molecular weight excluding hydrogens is 357 g/mol. The lowest BCUT2D eigenvalue weighted by Gasteiger charge is -2.38. The van der Waals surface area contributed by atoms with Crippen molar-refractivity contribution in [3.05, 3.63) is 65.7 Å². The summed E-state index contributed by atoms with van der Waals surface area (Å²) in [6.45, 7) is 0. The average molecular weight is 376 g/mol. The van der Waals surface area contributed by atoms with Crippen LogP contribution in [-0.2, 0) is 15.8 Å². The molecule has 1 fully saturated rings. The largest absolute Gasteiger partial charge is 0.416 e. The SMILES string of the molecule is CN1C(=O)CC[C@@H](C(=O)Nc2cccc(C(F)(F)F)c2)[C@H]1c1ccccc1. The van der Waals surface area contributed by atoms with Gasteiger partial charge in [-0.05, 0) is 30.2 Å². The van der Waals surface area contributed by atoms with Gasteiger partial charge < -0.3 is 10.2 Å². The Morgan fingerprint density at radius 3 is 2.48 bits per heavy atom. The van der Waals surface area contributed by atoms with Gasteiger partial charge in [0.05, 0.1) is 17.5 Å². The van der Waals surface area contributed by atoms with Gasteiger partial charge in [0.25, 0.3) is 0 Å². The molecule has 0 bridgehead atoms. The Hall–Kier alpha value is -2.83. The van der Waals surface area contributed by atoms with Gasteiger partial charge in [0.2, 0.25) is 11.8 Å². The number of nitrogens with one attached hydrogen (secondary N) is 1. The van der Waals surface area contributed by atoms with Crippen molar-refractivity contribution in [2.75, 3.05) is 12.4 Å². The fourth-order valence-corrected chi connectivity index (χ4v) is 3.43. The van der Waals surface area contributed by atoms with Crippen molar-refractivity contribution in [3.8, 4) is 0 Å². The summed E-state index contributed by atoms with van der Waals surface area (Å²) in [6, 6.07) is 13.2. The molecule has 1 N–H and O–H groups in total. The topological polar surface area (TPSA) is 49.4 Å². The highest BCUT2D eigenvalue weighted by Crippen LogP contribution is 2.37. The van der Waals surface area contributed by atoms with Crippen LogP contribution in [0.25, 0.3) is 0 Å². The van der Waals surface area contributed by atoms with Crippen LogP contribution in [0.15, 0.2) is 54.6 Å². The molecule has 4 nitrogen and oxygen atoms in total. The van der Waals surface area contributed by atoms with Crippen LogP contribution in [0.4, 0.5) is 18.9 Å². The maximum Gasteiger partial charge on any atom is 0.416 e. The summed E-state index contributed by atoms with van der Waals surface area (Å²) < 4.78 is 38.6. The van der Waals surface area contributed by atoms with Crippen LogP contribution in [0.2, 0.25) is 0 Å². The van der Waals surface area contributed by atoms with E-state index < -0.39 is 29.6 Å². The molecule has 0 spiro atoms. The van der Waals surface area contributed by atoms with Gasteiger partial charge in [-0.2, -0.15) is 13.2 Å². The Morgan fingerprint density at radius 2 is 1.81 bits per heavy atom. The molecule has 2 aromatic rings. The lowest BCUT2D eigenvalue weighted by atomic mass is 9.84. The van der Waals surface area contributed by atoms with Gasteiger partial charge >= 0.3 is 6.18 Å². The number of rotatable bonds is 3. The summed E-state index contributed by atoms with van der Waals surface area (Å²) in [4.78, 5) is 26.5. The van der Waals surface area contributed by atoms with Crippen molar-refractivity contribution in [1.29, 1.82) is 0 Å². The number of piperidine rings is 1. The molecule has 1 saturated heterocycles. The summed E-state index contributed by atoms with van der Waals surface area (Å²) in [7, 11) is 1.64. The average Bonchev–Trinajstić information content (AvgIpc) is 2.64. The molecule has 1 aliphatic heterocycles. The van der Waals surface area contributed by atoms with Gasteiger partial charge in [-0.25, -0.2) is 0 Å². The number of hydrogen-bond donors (Lipinski definition) is 1. The Balaban J connectivity index is 1.85. The molecule has 3 rings (SSSR count). The molecule has 0 aliphatic carbocycles. The molecule has 142 valence electrons. The number of hydrogen-bond acceptors (Lipinski definition) is 2. The number of carbonyl (C=O) groups is 2. The fourth-order valence-electron chi connectivity index (χ4n) is 3.43. The lowest BCUT2D eigenvalue weighted by molar-refractivity contribution is -0.140. The van der Waals surface area contributed by atoms with E-state index in [1.54, 1.807) is 7.05 Å². The predicted molar refractivity (Wildman–Crippen MR) is 94.8 cm³/mol. The highest BCUT2D eigenvalue weighted by Gasteiger charge is 2.39. The minimum Gasteiger partial charge on any atom is -0.338 e. The van der Waals surface area contributed by atoms with Gasteiger partial charge in [-0.1, -0.05) is 36.4 Å². The Morgan fingerprint density at radius 1 is 1.11 bits per heavy atom. The summed E-state index contributed by atoms with van der Waals surface area (Å²) in [5.41, 5.74) is 0.0780. The van der Waals surface area contributed by atoms with Crippen molar-refractivity contribution < 1.29 is 22.8 Å². The Bertz CT molecular complexity index is 837. The van der Waals surface area contributed by atoms with Crippen molar-refractivity contribution in [1.82, 2.24) is 4.90 Å². The van der Waals surface area contributed by atoms with Crippen LogP contribution in [0, 0.1) is 5.92 Å². The smallest absolute Gasteiger partial charge is 0.338 e. The van der Waals surface area contributed by atoms with Crippen molar-refractivity contribution >= 4 is 17.5 Å². The minimum absolute atomic E-state index is 0.0630. The summed E-state index contributed by atoms with van der Waals surface area (Å²) in [6.07, 6.45) is -3.92. The predicted octanol–water partition coefficient (Wildman–Crippen LogP) is 4.25. The zero-order chi connectivity index (χ0) is 19.6. The quantitative estimate of drug-likeness (QED) is 0.871. The number of likely N-dealkylation sites (tertiary alicyclic amines) is 1. The van der Waals surface area contributed by atoms with Gasteiger partial charge in [0.15, 0.2) is 0 Å². The number of alkyl halides is 3. The summed E-state index contributed by atoms with van der Waals surface area (Å²) in [5.74, 6) is -1.01. The molecular formula is C20H19F3N2O2. The van der Waals surface area contributed by atoms with E-state index in [0.717, 1.165) is 17.7 Å². The second-order valence-electron chi connectivity index (χ2n) is 6.57. The molecule has 1 aliphatic rings.